The fourth-order valence-electron chi connectivity index (χ4n) is 1.86. The first-order chi connectivity index (χ1) is 5.37. The molecule has 1 saturated heterocycles. The van der Waals surface area contributed by atoms with Gasteiger partial charge in [-0.3, -0.25) is 4.90 Å². The van der Waals surface area contributed by atoms with Crippen LogP contribution in [0.15, 0.2) is 0 Å². The monoisotopic (exact) mass is 156 g/mol. The standard InChI is InChI=1S/C8H16N2O/c11-7-8(1-2-8)10-5-3-9-4-6-10/h9,11H,1-7H2. The van der Waals surface area contributed by atoms with E-state index in [9.17, 15) is 0 Å². The van der Waals surface area contributed by atoms with Gasteiger partial charge in [-0.2, -0.15) is 0 Å². The van der Waals surface area contributed by atoms with Gasteiger partial charge in [-0.25, -0.2) is 0 Å². The zero-order valence-electron chi connectivity index (χ0n) is 6.84. The largest absolute Gasteiger partial charge is 0.394 e. The van der Waals surface area contributed by atoms with Crippen LogP contribution in [0.4, 0.5) is 0 Å². The molecule has 1 saturated carbocycles. The lowest BCUT2D eigenvalue weighted by atomic mass is 10.2. The van der Waals surface area contributed by atoms with Crippen LogP contribution in [0.1, 0.15) is 12.8 Å². The van der Waals surface area contributed by atoms with Crippen molar-refractivity contribution in [1.82, 2.24) is 10.2 Å². The normalized spacial score (nSPS) is 30.3. The summed E-state index contributed by atoms with van der Waals surface area (Å²) in [5.74, 6) is 0. The number of nitrogens with one attached hydrogen (secondary N) is 1. The van der Waals surface area contributed by atoms with E-state index in [1.807, 2.05) is 0 Å². The van der Waals surface area contributed by atoms with E-state index in [1.54, 1.807) is 0 Å². The minimum Gasteiger partial charge on any atom is -0.394 e. The first-order valence-corrected chi connectivity index (χ1v) is 4.44. The van der Waals surface area contributed by atoms with Gasteiger partial charge in [-0.1, -0.05) is 0 Å². The Labute approximate surface area is 67.4 Å². The number of rotatable bonds is 2. The van der Waals surface area contributed by atoms with Crippen LogP contribution in [-0.2, 0) is 0 Å². The molecule has 0 aromatic carbocycles. The number of aliphatic hydroxyl groups is 1. The van der Waals surface area contributed by atoms with Crippen molar-refractivity contribution >= 4 is 0 Å². The van der Waals surface area contributed by atoms with E-state index in [0.29, 0.717) is 6.61 Å². The third-order valence-corrected chi connectivity index (χ3v) is 2.91. The van der Waals surface area contributed by atoms with Crippen molar-refractivity contribution in [2.45, 2.75) is 18.4 Å². The molecule has 0 spiro atoms. The molecule has 2 fully saturated rings. The van der Waals surface area contributed by atoms with Gasteiger partial charge in [-0.15, -0.1) is 0 Å². The highest BCUT2D eigenvalue weighted by Crippen LogP contribution is 2.40. The highest BCUT2D eigenvalue weighted by Gasteiger charge is 2.47. The highest BCUT2D eigenvalue weighted by atomic mass is 16.3. The van der Waals surface area contributed by atoms with Gasteiger partial charge in [-0.05, 0) is 12.8 Å². The van der Waals surface area contributed by atoms with Gasteiger partial charge >= 0.3 is 0 Å². The van der Waals surface area contributed by atoms with Gasteiger partial charge in [0, 0.05) is 31.7 Å². The number of aliphatic hydroxyl groups excluding tert-OH is 1. The third kappa shape index (κ3) is 1.28. The van der Waals surface area contributed by atoms with Gasteiger partial charge in [0.15, 0.2) is 0 Å². The molecule has 0 amide bonds. The summed E-state index contributed by atoms with van der Waals surface area (Å²) in [6.07, 6.45) is 2.40. The summed E-state index contributed by atoms with van der Waals surface area (Å²) in [7, 11) is 0. The van der Waals surface area contributed by atoms with Crippen LogP contribution >= 0.6 is 0 Å². The Hall–Kier alpha value is -0.120. The lowest BCUT2D eigenvalue weighted by Gasteiger charge is -2.34. The highest BCUT2D eigenvalue weighted by molar-refractivity contribution is 5.04. The van der Waals surface area contributed by atoms with Crippen LogP contribution in [0.3, 0.4) is 0 Å². The zero-order valence-corrected chi connectivity index (χ0v) is 6.84. The van der Waals surface area contributed by atoms with E-state index in [2.05, 4.69) is 10.2 Å². The summed E-state index contributed by atoms with van der Waals surface area (Å²) < 4.78 is 0. The molecule has 1 aliphatic heterocycles. The Morgan fingerprint density at radius 2 is 1.91 bits per heavy atom. The molecule has 1 aliphatic carbocycles. The van der Waals surface area contributed by atoms with Crippen molar-refractivity contribution in [3.63, 3.8) is 0 Å². The fraction of sp³-hybridized carbons (Fsp3) is 1.00. The summed E-state index contributed by atoms with van der Waals surface area (Å²) in [6, 6.07) is 0. The van der Waals surface area contributed by atoms with Crippen LogP contribution in [-0.4, -0.2) is 48.3 Å². The summed E-state index contributed by atoms with van der Waals surface area (Å²) in [6.45, 7) is 4.75. The Morgan fingerprint density at radius 3 is 2.36 bits per heavy atom. The number of hydrogen-bond donors (Lipinski definition) is 2. The zero-order chi connectivity index (χ0) is 7.73. The molecule has 0 unspecified atom stereocenters. The molecule has 2 rings (SSSR count). The van der Waals surface area contributed by atoms with E-state index in [4.69, 9.17) is 5.11 Å². The predicted octanol–water partition coefficient (Wildman–Crippen LogP) is -0.583. The number of hydrogen-bond acceptors (Lipinski definition) is 3. The summed E-state index contributed by atoms with van der Waals surface area (Å²) in [5.41, 5.74) is 0.210. The lowest BCUT2D eigenvalue weighted by Crippen LogP contribution is -2.51. The quantitative estimate of drug-likeness (QED) is 0.561. The summed E-state index contributed by atoms with van der Waals surface area (Å²) >= 11 is 0. The lowest BCUT2D eigenvalue weighted by molar-refractivity contribution is 0.0933. The minimum atomic E-state index is 0.210. The molecular weight excluding hydrogens is 140 g/mol. The minimum absolute atomic E-state index is 0.210. The van der Waals surface area contributed by atoms with Gasteiger partial charge < -0.3 is 10.4 Å². The maximum absolute atomic E-state index is 9.15. The summed E-state index contributed by atoms with van der Waals surface area (Å²) in [4.78, 5) is 2.43. The Morgan fingerprint density at radius 1 is 1.27 bits per heavy atom. The van der Waals surface area contributed by atoms with E-state index >= 15 is 0 Å². The van der Waals surface area contributed by atoms with Gasteiger partial charge in [0.1, 0.15) is 0 Å². The van der Waals surface area contributed by atoms with Crippen LogP contribution < -0.4 is 5.32 Å². The molecule has 64 valence electrons. The Bertz CT molecular complexity index is 139. The third-order valence-electron chi connectivity index (χ3n) is 2.91. The maximum atomic E-state index is 9.15. The van der Waals surface area contributed by atoms with Gasteiger partial charge in [0.25, 0.3) is 0 Å². The van der Waals surface area contributed by atoms with Crippen molar-refractivity contribution in [1.29, 1.82) is 0 Å². The van der Waals surface area contributed by atoms with E-state index in [0.717, 1.165) is 26.2 Å². The van der Waals surface area contributed by atoms with E-state index < -0.39 is 0 Å². The molecule has 0 radical (unpaired) electrons. The molecule has 3 nitrogen and oxygen atoms in total. The number of nitrogens with zero attached hydrogens (tertiary/aromatic N) is 1. The van der Waals surface area contributed by atoms with Crippen molar-refractivity contribution in [2.24, 2.45) is 0 Å². The van der Waals surface area contributed by atoms with Gasteiger partial charge in [0.2, 0.25) is 0 Å². The number of piperazine rings is 1. The molecule has 3 heteroatoms. The second kappa shape index (κ2) is 2.73. The molecule has 0 bridgehead atoms. The topological polar surface area (TPSA) is 35.5 Å². The van der Waals surface area contributed by atoms with Crippen LogP contribution in [0.25, 0.3) is 0 Å². The Balaban J connectivity index is 1.92. The van der Waals surface area contributed by atoms with Gasteiger partial charge in [0.05, 0.1) is 6.61 Å². The van der Waals surface area contributed by atoms with Crippen molar-refractivity contribution in [3.05, 3.63) is 0 Å². The van der Waals surface area contributed by atoms with E-state index in [1.165, 1.54) is 12.8 Å². The molecule has 2 N–H and O–H groups in total. The molecule has 1 heterocycles. The Kier molecular flexibility index (Phi) is 1.87. The SMILES string of the molecule is OCC1(N2CCNCC2)CC1. The molecular formula is C8H16N2O. The molecule has 0 aromatic heterocycles. The maximum Gasteiger partial charge on any atom is 0.0615 e. The molecule has 2 aliphatic rings. The average molecular weight is 156 g/mol. The first-order valence-electron chi connectivity index (χ1n) is 4.44. The molecule has 0 atom stereocenters. The second-order valence-corrected chi connectivity index (χ2v) is 3.62. The van der Waals surface area contributed by atoms with Crippen molar-refractivity contribution < 1.29 is 5.11 Å². The second-order valence-electron chi connectivity index (χ2n) is 3.62. The van der Waals surface area contributed by atoms with Crippen LogP contribution in [0.5, 0.6) is 0 Å². The summed E-state index contributed by atoms with van der Waals surface area (Å²) in [5, 5.41) is 12.5. The average Bonchev–Trinajstić information content (AvgIpc) is 2.86. The predicted molar refractivity (Wildman–Crippen MR) is 43.5 cm³/mol. The molecule has 0 aromatic rings. The van der Waals surface area contributed by atoms with Crippen LogP contribution in [0.2, 0.25) is 0 Å². The van der Waals surface area contributed by atoms with Crippen molar-refractivity contribution in [2.75, 3.05) is 32.8 Å². The fourth-order valence-corrected chi connectivity index (χ4v) is 1.86. The van der Waals surface area contributed by atoms with E-state index in [-0.39, 0.29) is 5.54 Å². The van der Waals surface area contributed by atoms with Crippen molar-refractivity contribution in [3.8, 4) is 0 Å². The smallest absolute Gasteiger partial charge is 0.0615 e. The first kappa shape index (κ1) is 7.53. The van der Waals surface area contributed by atoms with Crippen LogP contribution in [0, 0.1) is 0 Å². The molecule has 11 heavy (non-hydrogen) atoms.